The number of pyridine rings is 1. The quantitative estimate of drug-likeness (QED) is 0.865. The molecule has 2 aromatic rings. The van der Waals surface area contributed by atoms with Crippen molar-refractivity contribution in [3.05, 3.63) is 51.5 Å². The van der Waals surface area contributed by atoms with Crippen molar-refractivity contribution >= 4 is 17.2 Å². The molecule has 0 saturated heterocycles. The van der Waals surface area contributed by atoms with Crippen LogP contribution in [0.3, 0.4) is 0 Å². The van der Waals surface area contributed by atoms with Gasteiger partial charge in [0, 0.05) is 18.4 Å². The minimum Gasteiger partial charge on any atom is -0.393 e. The van der Waals surface area contributed by atoms with Crippen LogP contribution in [0, 0.1) is 5.92 Å². The lowest BCUT2D eigenvalue weighted by Crippen LogP contribution is -2.48. The SMILES string of the molecule is O=C(N[C@H](Cc1ccncc1)C1CC(O)C1)c1scc2c1CCCC2. The van der Waals surface area contributed by atoms with Crippen molar-refractivity contribution in [2.45, 2.75) is 57.1 Å². The number of carbonyl (C=O) groups is 1. The smallest absolute Gasteiger partial charge is 0.261 e. The highest BCUT2D eigenvalue weighted by Gasteiger charge is 2.35. The molecule has 4 rings (SSSR count). The molecule has 1 fully saturated rings. The number of aliphatic hydroxyl groups excluding tert-OH is 1. The molecule has 4 nitrogen and oxygen atoms in total. The minimum absolute atomic E-state index is 0.0635. The van der Waals surface area contributed by atoms with Crippen LogP contribution in [0.2, 0.25) is 0 Å². The lowest BCUT2D eigenvalue weighted by molar-refractivity contribution is 0.0239. The van der Waals surface area contributed by atoms with Crippen LogP contribution < -0.4 is 5.32 Å². The van der Waals surface area contributed by atoms with Crippen LogP contribution in [0.15, 0.2) is 29.9 Å². The van der Waals surface area contributed by atoms with Crippen LogP contribution in [0.4, 0.5) is 0 Å². The summed E-state index contributed by atoms with van der Waals surface area (Å²) in [5.74, 6) is 0.413. The van der Waals surface area contributed by atoms with Crippen LogP contribution in [0.5, 0.6) is 0 Å². The van der Waals surface area contributed by atoms with E-state index in [0.717, 1.165) is 37.0 Å². The van der Waals surface area contributed by atoms with Gasteiger partial charge in [-0.2, -0.15) is 0 Å². The van der Waals surface area contributed by atoms with Crippen LogP contribution in [-0.4, -0.2) is 28.1 Å². The van der Waals surface area contributed by atoms with Gasteiger partial charge in [-0.25, -0.2) is 0 Å². The zero-order valence-electron chi connectivity index (χ0n) is 14.3. The Hall–Kier alpha value is -1.72. The molecule has 0 spiro atoms. The summed E-state index contributed by atoms with van der Waals surface area (Å²) in [4.78, 5) is 17.9. The maximum Gasteiger partial charge on any atom is 0.261 e. The fraction of sp³-hybridized carbons (Fsp3) is 0.500. The third kappa shape index (κ3) is 3.62. The van der Waals surface area contributed by atoms with Crippen molar-refractivity contribution in [1.29, 1.82) is 0 Å². The number of rotatable bonds is 5. The van der Waals surface area contributed by atoms with Gasteiger partial charge in [-0.1, -0.05) is 0 Å². The molecule has 0 aromatic carbocycles. The van der Waals surface area contributed by atoms with Gasteiger partial charge in [-0.3, -0.25) is 9.78 Å². The number of fused-ring (bicyclic) bond motifs is 1. The molecule has 0 aliphatic heterocycles. The lowest BCUT2D eigenvalue weighted by atomic mass is 9.75. The van der Waals surface area contributed by atoms with Crippen LogP contribution >= 0.6 is 11.3 Å². The highest BCUT2D eigenvalue weighted by molar-refractivity contribution is 7.12. The first-order chi connectivity index (χ1) is 12.2. The van der Waals surface area contributed by atoms with E-state index in [0.29, 0.717) is 5.92 Å². The fourth-order valence-electron chi connectivity index (χ4n) is 4.01. The molecule has 0 unspecified atom stereocenters. The number of aromatic nitrogens is 1. The first-order valence-corrected chi connectivity index (χ1v) is 10.1. The number of aliphatic hydroxyl groups is 1. The Labute approximate surface area is 152 Å². The number of nitrogens with zero attached hydrogens (tertiary/aromatic N) is 1. The van der Waals surface area contributed by atoms with Gasteiger partial charge in [-0.15, -0.1) is 11.3 Å². The Morgan fingerprint density at radius 1 is 1.28 bits per heavy atom. The summed E-state index contributed by atoms with van der Waals surface area (Å²) in [7, 11) is 0. The Morgan fingerprint density at radius 2 is 2.04 bits per heavy atom. The van der Waals surface area contributed by atoms with Crippen molar-refractivity contribution in [3.8, 4) is 0 Å². The summed E-state index contributed by atoms with van der Waals surface area (Å²) in [6, 6.07) is 4.07. The van der Waals surface area contributed by atoms with Crippen molar-refractivity contribution in [2.24, 2.45) is 5.92 Å². The third-order valence-corrected chi connectivity index (χ3v) is 6.62. The molecular weight excluding hydrogens is 332 g/mol. The van der Waals surface area contributed by atoms with E-state index in [9.17, 15) is 9.90 Å². The predicted molar refractivity (Wildman–Crippen MR) is 98.9 cm³/mol. The Balaban J connectivity index is 1.50. The van der Waals surface area contributed by atoms with E-state index in [1.807, 2.05) is 12.1 Å². The normalized spacial score (nSPS) is 23.4. The lowest BCUT2D eigenvalue weighted by Gasteiger charge is -2.38. The second-order valence-corrected chi connectivity index (χ2v) is 8.18. The average Bonchev–Trinajstić information content (AvgIpc) is 3.03. The molecule has 2 aliphatic rings. The molecule has 1 saturated carbocycles. The van der Waals surface area contributed by atoms with Gasteiger partial charge in [0.2, 0.25) is 0 Å². The van der Waals surface area contributed by atoms with Crippen LogP contribution in [-0.2, 0) is 19.3 Å². The van der Waals surface area contributed by atoms with Gasteiger partial charge >= 0.3 is 0 Å². The number of nitrogens with one attached hydrogen (secondary N) is 1. The summed E-state index contributed by atoms with van der Waals surface area (Å²) in [5, 5.41) is 15.1. The standard InChI is InChI=1S/C20H24N2O2S/c23-16-10-15(11-16)18(9-13-5-7-21-8-6-13)22-20(24)19-17-4-2-1-3-14(17)12-25-19/h5-8,12,15-16,18,23H,1-4,9-11H2,(H,22,24)/t15?,16?,18-/m1/s1. The molecule has 1 atom stereocenters. The summed E-state index contributed by atoms with van der Waals surface area (Å²) in [6.07, 6.45) is 10.3. The van der Waals surface area contributed by atoms with E-state index in [1.165, 1.54) is 29.5 Å². The highest BCUT2D eigenvalue weighted by atomic mass is 32.1. The first kappa shape index (κ1) is 16.7. The molecule has 0 radical (unpaired) electrons. The second-order valence-electron chi connectivity index (χ2n) is 7.30. The van der Waals surface area contributed by atoms with Gasteiger partial charge < -0.3 is 10.4 Å². The number of hydrogen-bond donors (Lipinski definition) is 2. The molecule has 1 amide bonds. The van der Waals surface area contributed by atoms with E-state index < -0.39 is 0 Å². The average molecular weight is 356 g/mol. The molecule has 2 N–H and O–H groups in total. The number of thiophene rings is 1. The minimum atomic E-state index is -0.212. The van der Waals surface area contributed by atoms with Gasteiger partial charge in [0.25, 0.3) is 5.91 Å². The molecule has 2 aliphatic carbocycles. The number of amides is 1. The molecular formula is C20H24N2O2S. The van der Waals surface area contributed by atoms with E-state index in [4.69, 9.17) is 0 Å². The summed E-state index contributed by atoms with van der Waals surface area (Å²) in [5.41, 5.74) is 3.81. The maximum atomic E-state index is 12.9. The van der Waals surface area contributed by atoms with E-state index in [-0.39, 0.29) is 18.1 Å². The Morgan fingerprint density at radius 3 is 2.80 bits per heavy atom. The summed E-state index contributed by atoms with van der Waals surface area (Å²) in [6.45, 7) is 0. The largest absolute Gasteiger partial charge is 0.393 e. The number of carbonyl (C=O) groups excluding carboxylic acids is 1. The van der Waals surface area contributed by atoms with E-state index in [1.54, 1.807) is 23.7 Å². The highest BCUT2D eigenvalue weighted by Crippen LogP contribution is 2.33. The van der Waals surface area contributed by atoms with Gasteiger partial charge in [0.1, 0.15) is 0 Å². The Bertz CT molecular complexity index is 737. The fourth-order valence-corrected chi connectivity index (χ4v) is 5.07. The first-order valence-electron chi connectivity index (χ1n) is 9.18. The third-order valence-electron chi connectivity index (χ3n) is 5.55. The summed E-state index contributed by atoms with van der Waals surface area (Å²) < 4.78 is 0. The van der Waals surface area contributed by atoms with E-state index in [2.05, 4.69) is 15.7 Å². The predicted octanol–water partition coefficient (Wildman–Crippen LogP) is 3.13. The second kappa shape index (κ2) is 7.26. The zero-order chi connectivity index (χ0) is 17.2. The Kier molecular flexibility index (Phi) is 4.86. The molecule has 5 heteroatoms. The van der Waals surface area contributed by atoms with Crippen molar-refractivity contribution < 1.29 is 9.90 Å². The summed E-state index contributed by atoms with van der Waals surface area (Å²) >= 11 is 1.59. The van der Waals surface area contributed by atoms with Crippen LogP contribution in [0.25, 0.3) is 0 Å². The molecule has 132 valence electrons. The maximum absolute atomic E-state index is 12.9. The van der Waals surface area contributed by atoms with Gasteiger partial charge in [0.15, 0.2) is 0 Å². The van der Waals surface area contributed by atoms with Gasteiger partial charge in [-0.05, 0) is 85.1 Å². The topological polar surface area (TPSA) is 62.2 Å². The monoisotopic (exact) mass is 356 g/mol. The van der Waals surface area contributed by atoms with Gasteiger partial charge in [0.05, 0.1) is 11.0 Å². The van der Waals surface area contributed by atoms with E-state index >= 15 is 0 Å². The van der Waals surface area contributed by atoms with Crippen molar-refractivity contribution in [1.82, 2.24) is 10.3 Å². The number of aryl methyl sites for hydroxylation is 1. The number of hydrogen-bond acceptors (Lipinski definition) is 4. The molecule has 2 heterocycles. The van der Waals surface area contributed by atoms with Crippen molar-refractivity contribution in [3.63, 3.8) is 0 Å². The van der Waals surface area contributed by atoms with Crippen molar-refractivity contribution in [2.75, 3.05) is 0 Å². The zero-order valence-corrected chi connectivity index (χ0v) is 15.1. The molecule has 2 aromatic heterocycles. The molecule has 0 bridgehead atoms. The molecule has 25 heavy (non-hydrogen) atoms. The van der Waals surface area contributed by atoms with Crippen LogP contribution in [0.1, 0.15) is 52.0 Å².